The molecule has 43 heavy (non-hydrogen) atoms. The Morgan fingerprint density at radius 2 is 1.77 bits per heavy atom. The van der Waals surface area contributed by atoms with E-state index in [0.29, 0.717) is 29.8 Å². The van der Waals surface area contributed by atoms with E-state index in [2.05, 4.69) is 9.72 Å². The number of pyridine rings is 1. The molecule has 0 radical (unpaired) electrons. The van der Waals surface area contributed by atoms with Gasteiger partial charge >= 0.3 is 12.6 Å². The van der Waals surface area contributed by atoms with E-state index in [-0.39, 0.29) is 39.1 Å². The number of ether oxygens (including phenoxy) is 4. The molecule has 0 saturated heterocycles. The van der Waals surface area contributed by atoms with E-state index < -0.39 is 24.2 Å². The molecule has 2 saturated carbocycles. The molecule has 1 atom stereocenters. The number of hydrogen-bond donors (Lipinski definition) is 1. The van der Waals surface area contributed by atoms with Crippen LogP contribution in [0.1, 0.15) is 53.3 Å². The van der Waals surface area contributed by atoms with Gasteiger partial charge in [0.1, 0.15) is 16.9 Å². The minimum Gasteiger partial charge on any atom is -0.495 e. The molecule has 1 heterocycles. The van der Waals surface area contributed by atoms with Crippen molar-refractivity contribution in [3.8, 4) is 17.2 Å². The SMILES string of the molecule is COc1ccc(C(=O)OC(Cc2c(Cl)c[nH]c(=O)c2Cl)c2ccc(OC(F)F)c(OCC3CC3)c2)cc1N(C)CC1CC1. The second kappa shape index (κ2) is 13.4. The Hall–Kier alpha value is -3.50. The predicted octanol–water partition coefficient (Wildman–Crippen LogP) is 7.07. The summed E-state index contributed by atoms with van der Waals surface area (Å²) in [6, 6.07) is 9.34. The van der Waals surface area contributed by atoms with Crippen molar-refractivity contribution in [3.63, 3.8) is 0 Å². The highest BCUT2D eigenvalue weighted by Gasteiger charge is 2.28. The molecule has 2 aromatic carbocycles. The van der Waals surface area contributed by atoms with Crippen molar-refractivity contribution >= 4 is 34.9 Å². The summed E-state index contributed by atoms with van der Waals surface area (Å²) in [5.74, 6) is 0.848. The molecule has 1 unspecified atom stereocenters. The lowest BCUT2D eigenvalue weighted by Gasteiger charge is -2.24. The maximum Gasteiger partial charge on any atom is 0.387 e. The zero-order valence-corrected chi connectivity index (χ0v) is 25.2. The maximum absolute atomic E-state index is 13.6. The normalized spacial score (nSPS) is 15.2. The van der Waals surface area contributed by atoms with Crippen molar-refractivity contribution in [2.75, 3.05) is 32.2 Å². The molecule has 0 spiro atoms. The molecule has 1 N–H and O–H groups in total. The molecule has 2 aliphatic rings. The molecule has 230 valence electrons. The molecule has 5 rings (SSSR count). The summed E-state index contributed by atoms with van der Waals surface area (Å²) in [7, 11) is 3.51. The number of halogens is 4. The average molecular weight is 638 g/mol. The van der Waals surface area contributed by atoms with Gasteiger partial charge in [0.15, 0.2) is 11.5 Å². The van der Waals surface area contributed by atoms with E-state index in [1.54, 1.807) is 25.3 Å². The highest BCUT2D eigenvalue weighted by molar-refractivity contribution is 6.35. The van der Waals surface area contributed by atoms with Crippen molar-refractivity contribution in [2.45, 2.75) is 44.8 Å². The van der Waals surface area contributed by atoms with Crippen LogP contribution in [0.25, 0.3) is 0 Å². The number of aromatic nitrogens is 1. The van der Waals surface area contributed by atoms with Crippen molar-refractivity contribution in [2.24, 2.45) is 11.8 Å². The van der Waals surface area contributed by atoms with Gasteiger partial charge in [0.25, 0.3) is 5.56 Å². The maximum atomic E-state index is 13.6. The van der Waals surface area contributed by atoms with Gasteiger partial charge in [-0.3, -0.25) is 4.79 Å². The number of nitrogens with one attached hydrogen (secondary N) is 1. The fourth-order valence-corrected chi connectivity index (χ4v) is 5.25. The Kier molecular flexibility index (Phi) is 9.66. The van der Waals surface area contributed by atoms with Gasteiger partial charge < -0.3 is 28.8 Å². The smallest absolute Gasteiger partial charge is 0.387 e. The number of esters is 1. The third kappa shape index (κ3) is 7.92. The van der Waals surface area contributed by atoms with Gasteiger partial charge in [0, 0.05) is 31.8 Å². The van der Waals surface area contributed by atoms with E-state index in [0.717, 1.165) is 37.9 Å². The number of alkyl halides is 2. The van der Waals surface area contributed by atoms with Crippen LogP contribution in [0.3, 0.4) is 0 Å². The molecule has 3 aromatic rings. The van der Waals surface area contributed by atoms with Crippen molar-refractivity contribution in [3.05, 3.63) is 79.7 Å². The molecule has 1 aromatic heterocycles. The molecule has 2 fully saturated rings. The Morgan fingerprint density at radius 3 is 2.44 bits per heavy atom. The van der Waals surface area contributed by atoms with Crippen LogP contribution in [0.2, 0.25) is 10.0 Å². The van der Waals surface area contributed by atoms with Crippen molar-refractivity contribution in [1.29, 1.82) is 0 Å². The first-order valence-electron chi connectivity index (χ1n) is 14.0. The summed E-state index contributed by atoms with van der Waals surface area (Å²) in [6.45, 7) is -1.89. The van der Waals surface area contributed by atoms with E-state index in [1.807, 2.05) is 11.9 Å². The molecule has 0 aliphatic heterocycles. The zero-order valence-electron chi connectivity index (χ0n) is 23.7. The number of anilines is 1. The Labute approximate surface area is 257 Å². The highest BCUT2D eigenvalue weighted by atomic mass is 35.5. The summed E-state index contributed by atoms with van der Waals surface area (Å²) in [6.07, 6.45) is 4.51. The number of rotatable bonds is 14. The lowest BCUT2D eigenvalue weighted by Crippen LogP contribution is -2.21. The van der Waals surface area contributed by atoms with Gasteiger partial charge in [0.2, 0.25) is 0 Å². The summed E-state index contributed by atoms with van der Waals surface area (Å²) in [4.78, 5) is 30.4. The zero-order chi connectivity index (χ0) is 30.7. The molecular formula is C31H32Cl2F2N2O6. The van der Waals surface area contributed by atoms with Crippen LogP contribution >= 0.6 is 23.2 Å². The van der Waals surface area contributed by atoms with Gasteiger partial charge in [-0.2, -0.15) is 8.78 Å². The minimum absolute atomic E-state index is 0.0744. The van der Waals surface area contributed by atoms with Gasteiger partial charge in [-0.05, 0) is 73.4 Å². The van der Waals surface area contributed by atoms with E-state index in [1.165, 1.54) is 24.4 Å². The van der Waals surface area contributed by atoms with E-state index in [9.17, 15) is 18.4 Å². The largest absolute Gasteiger partial charge is 0.495 e. The Bertz CT molecular complexity index is 1530. The van der Waals surface area contributed by atoms with Crippen molar-refractivity contribution < 1.29 is 32.5 Å². The molecule has 12 heteroatoms. The van der Waals surface area contributed by atoms with Crippen LogP contribution in [0, 0.1) is 11.8 Å². The molecule has 0 amide bonds. The Balaban J connectivity index is 1.48. The first-order valence-corrected chi connectivity index (χ1v) is 14.8. The number of nitrogens with zero attached hydrogens (tertiary/aromatic N) is 1. The standard InChI is InChI=1S/C31H32Cl2F2N2O6/c1-37(15-17-3-4-17)23-11-20(8-9-24(23)40-2)30(39)42-26(13-21-22(32)14-36-29(38)28(21)33)19-7-10-25(43-31(34)35)27(12-19)41-16-18-5-6-18/h7-12,14,17-18,26,31H,3-6,13,15-16H2,1-2H3,(H,36,38). The number of aromatic amines is 1. The van der Waals surface area contributed by atoms with Crippen LogP contribution in [-0.4, -0.2) is 44.9 Å². The second-order valence-electron chi connectivity index (χ2n) is 10.9. The summed E-state index contributed by atoms with van der Waals surface area (Å²) in [5.41, 5.74) is 1.13. The number of carbonyl (C=O) groups is 1. The molecule has 2 aliphatic carbocycles. The van der Waals surface area contributed by atoms with Crippen LogP contribution in [0.4, 0.5) is 14.5 Å². The van der Waals surface area contributed by atoms with Gasteiger partial charge in [0.05, 0.1) is 30.0 Å². The highest BCUT2D eigenvalue weighted by Crippen LogP contribution is 2.39. The molecule has 0 bridgehead atoms. The molecule has 8 nitrogen and oxygen atoms in total. The van der Waals surface area contributed by atoms with Crippen molar-refractivity contribution in [1.82, 2.24) is 4.98 Å². The fraction of sp³-hybridized carbons (Fsp3) is 0.419. The summed E-state index contributed by atoms with van der Waals surface area (Å²) in [5, 5.41) is 0.0202. The first-order chi connectivity index (χ1) is 20.6. The fourth-order valence-electron chi connectivity index (χ4n) is 4.74. The van der Waals surface area contributed by atoms with Gasteiger partial charge in [-0.1, -0.05) is 29.3 Å². The number of hydrogen-bond acceptors (Lipinski definition) is 7. The Morgan fingerprint density at radius 1 is 1.05 bits per heavy atom. The monoisotopic (exact) mass is 636 g/mol. The molecular weight excluding hydrogens is 605 g/mol. The third-order valence-corrected chi connectivity index (χ3v) is 8.24. The van der Waals surface area contributed by atoms with Crippen LogP contribution in [-0.2, 0) is 11.2 Å². The lowest BCUT2D eigenvalue weighted by atomic mass is 10.0. The first kappa shape index (κ1) is 30.9. The minimum atomic E-state index is -3.06. The topological polar surface area (TPSA) is 90.1 Å². The second-order valence-corrected chi connectivity index (χ2v) is 11.7. The number of methoxy groups -OCH3 is 1. The summed E-state index contributed by atoms with van der Waals surface area (Å²) >= 11 is 12.7. The predicted molar refractivity (Wildman–Crippen MR) is 159 cm³/mol. The summed E-state index contributed by atoms with van der Waals surface area (Å²) < 4.78 is 48.3. The lowest BCUT2D eigenvalue weighted by molar-refractivity contribution is -0.0515. The van der Waals surface area contributed by atoms with Crippen LogP contribution in [0.15, 0.2) is 47.4 Å². The third-order valence-electron chi connectivity index (χ3n) is 7.50. The number of benzene rings is 2. The van der Waals surface area contributed by atoms with E-state index >= 15 is 0 Å². The van der Waals surface area contributed by atoms with E-state index in [4.69, 9.17) is 37.4 Å². The quantitative estimate of drug-likeness (QED) is 0.189. The number of carbonyl (C=O) groups excluding carboxylic acids is 1. The van der Waals surface area contributed by atoms with Crippen LogP contribution in [0.5, 0.6) is 17.2 Å². The van der Waals surface area contributed by atoms with Gasteiger partial charge in [-0.15, -0.1) is 0 Å². The van der Waals surface area contributed by atoms with Gasteiger partial charge in [-0.25, -0.2) is 4.79 Å². The van der Waals surface area contributed by atoms with Crippen LogP contribution < -0.4 is 24.7 Å². The number of H-pyrrole nitrogens is 1. The average Bonchev–Trinajstić information content (AvgIpc) is 3.92.